The molecule has 1 amide bonds. The predicted molar refractivity (Wildman–Crippen MR) is 75.0 cm³/mol. The number of hydrogen-bond donors (Lipinski definition) is 2. The molecule has 0 aromatic carbocycles. The van der Waals surface area contributed by atoms with Gasteiger partial charge >= 0.3 is 0 Å². The van der Waals surface area contributed by atoms with Gasteiger partial charge in [-0.2, -0.15) is 0 Å². The van der Waals surface area contributed by atoms with Crippen molar-refractivity contribution in [1.82, 2.24) is 9.88 Å². The first-order valence-corrected chi connectivity index (χ1v) is 6.16. The Balaban J connectivity index is 2.86. The van der Waals surface area contributed by atoms with E-state index in [0.29, 0.717) is 5.56 Å². The fraction of sp³-hybridized carbons (Fsp3) is 0.429. The van der Waals surface area contributed by atoms with E-state index in [9.17, 15) is 9.90 Å². The summed E-state index contributed by atoms with van der Waals surface area (Å²) in [4.78, 5) is 17.7. The van der Waals surface area contributed by atoms with Gasteiger partial charge in [0, 0.05) is 26.9 Å². The highest BCUT2D eigenvalue weighted by atomic mass is 16.5. The van der Waals surface area contributed by atoms with Gasteiger partial charge in [-0.15, -0.1) is 0 Å². The van der Waals surface area contributed by atoms with E-state index in [1.54, 1.807) is 19.2 Å². The summed E-state index contributed by atoms with van der Waals surface area (Å²) < 4.78 is 4.83. The number of carbonyl (C=O) groups excluding carboxylic acids is 1. The number of likely N-dealkylation sites (N-methyl/N-ethyl adjacent to an activating group) is 1. The van der Waals surface area contributed by atoms with Crippen molar-refractivity contribution >= 4 is 5.91 Å². The van der Waals surface area contributed by atoms with Crippen LogP contribution in [-0.2, 0) is 4.74 Å². The zero-order valence-electron chi connectivity index (χ0n) is 11.7. The number of rotatable bonds is 5. The maximum Gasteiger partial charge on any atom is 0.273 e. The van der Waals surface area contributed by atoms with Crippen LogP contribution in [0.15, 0.2) is 18.3 Å². The molecule has 20 heavy (non-hydrogen) atoms. The second-order valence-corrected chi connectivity index (χ2v) is 4.20. The van der Waals surface area contributed by atoms with Crippen LogP contribution < -0.4 is 5.73 Å². The maximum absolute atomic E-state index is 12.3. The van der Waals surface area contributed by atoms with Gasteiger partial charge < -0.3 is 20.5 Å². The largest absolute Gasteiger partial charge is 0.389 e. The van der Waals surface area contributed by atoms with E-state index in [0.717, 1.165) is 0 Å². The van der Waals surface area contributed by atoms with Gasteiger partial charge in [0.25, 0.3) is 5.91 Å². The zero-order chi connectivity index (χ0) is 15.0. The van der Waals surface area contributed by atoms with Crippen LogP contribution in [0.5, 0.6) is 0 Å². The Morgan fingerprint density at radius 1 is 1.65 bits per heavy atom. The molecule has 0 aliphatic rings. The number of nitrogens with zero attached hydrogens (tertiary/aromatic N) is 2. The lowest BCUT2D eigenvalue weighted by atomic mass is 10.1. The lowest BCUT2D eigenvalue weighted by Gasteiger charge is -2.20. The molecular weight excluding hydrogens is 258 g/mol. The third kappa shape index (κ3) is 4.63. The normalized spacial score (nSPS) is 11.4. The van der Waals surface area contributed by atoms with Crippen LogP contribution in [0.3, 0.4) is 0 Å². The molecule has 1 atom stereocenters. The number of amides is 1. The molecule has 0 saturated carbocycles. The van der Waals surface area contributed by atoms with E-state index in [-0.39, 0.29) is 31.3 Å². The van der Waals surface area contributed by atoms with Crippen LogP contribution >= 0.6 is 0 Å². The fourth-order valence-electron chi connectivity index (χ4n) is 1.65. The summed E-state index contributed by atoms with van der Waals surface area (Å²) >= 11 is 0. The van der Waals surface area contributed by atoms with Crippen molar-refractivity contribution in [2.75, 3.05) is 33.9 Å². The van der Waals surface area contributed by atoms with Gasteiger partial charge in [0.1, 0.15) is 5.69 Å². The van der Waals surface area contributed by atoms with E-state index in [1.807, 2.05) is 0 Å². The van der Waals surface area contributed by atoms with Gasteiger partial charge in [0.05, 0.1) is 24.8 Å². The van der Waals surface area contributed by atoms with Crippen molar-refractivity contribution < 1.29 is 14.6 Å². The van der Waals surface area contributed by atoms with E-state index in [4.69, 9.17) is 10.5 Å². The number of methoxy groups -OCH3 is 1. The summed E-state index contributed by atoms with van der Waals surface area (Å²) in [5.41, 5.74) is 6.10. The summed E-state index contributed by atoms with van der Waals surface area (Å²) in [6.07, 6.45) is 0.788. The molecule has 1 rings (SSSR count). The summed E-state index contributed by atoms with van der Waals surface area (Å²) in [5, 5.41) is 9.64. The number of aliphatic hydroxyl groups is 1. The average Bonchev–Trinajstić information content (AvgIpc) is 2.44. The highest BCUT2D eigenvalue weighted by molar-refractivity contribution is 5.94. The Hall–Kier alpha value is -1.94. The lowest BCUT2D eigenvalue weighted by molar-refractivity contribution is 0.0378. The van der Waals surface area contributed by atoms with Crippen molar-refractivity contribution in [3.05, 3.63) is 29.6 Å². The van der Waals surface area contributed by atoms with Crippen LogP contribution in [0.2, 0.25) is 0 Å². The molecule has 1 unspecified atom stereocenters. The molecular formula is C14H19N3O3. The lowest BCUT2D eigenvalue weighted by Crippen LogP contribution is -2.36. The zero-order valence-corrected chi connectivity index (χ0v) is 11.7. The predicted octanol–water partition coefficient (Wildman–Crippen LogP) is -0.529. The number of nitrogens with two attached hydrogens (primary N) is 1. The molecule has 0 spiro atoms. The van der Waals surface area contributed by atoms with Crippen LogP contribution in [0.4, 0.5) is 0 Å². The minimum absolute atomic E-state index is 0.160. The van der Waals surface area contributed by atoms with Crippen molar-refractivity contribution in [2.45, 2.75) is 6.10 Å². The van der Waals surface area contributed by atoms with Crippen molar-refractivity contribution in [3.8, 4) is 11.8 Å². The SMILES string of the molecule is COCC(O)CN(C)C(=O)c1ncccc1C#CCN. The number of aromatic nitrogens is 1. The minimum Gasteiger partial charge on any atom is -0.389 e. The number of ether oxygens (including phenoxy) is 1. The molecule has 0 aliphatic heterocycles. The standard InChI is InChI=1S/C14H19N3O3/c1-17(9-12(18)10-20-2)14(19)13-11(5-3-7-15)6-4-8-16-13/h4,6,8,12,18H,7,9-10,15H2,1-2H3. The highest BCUT2D eigenvalue weighted by Gasteiger charge is 2.18. The monoisotopic (exact) mass is 277 g/mol. The molecule has 0 fully saturated rings. The van der Waals surface area contributed by atoms with Crippen molar-refractivity contribution in [2.24, 2.45) is 5.73 Å². The van der Waals surface area contributed by atoms with Crippen molar-refractivity contribution in [1.29, 1.82) is 0 Å². The Morgan fingerprint density at radius 3 is 3.05 bits per heavy atom. The molecule has 0 saturated heterocycles. The highest BCUT2D eigenvalue weighted by Crippen LogP contribution is 2.07. The molecule has 0 radical (unpaired) electrons. The maximum atomic E-state index is 12.3. The van der Waals surface area contributed by atoms with Crippen LogP contribution in [0, 0.1) is 11.8 Å². The van der Waals surface area contributed by atoms with E-state index >= 15 is 0 Å². The number of pyridine rings is 1. The first kappa shape index (κ1) is 16.1. The van der Waals surface area contributed by atoms with Crippen LogP contribution in [0.1, 0.15) is 16.1 Å². The summed E-state index contributed by atoms with van der Waals surface area (Å²) in [6, 6.07) is 3.42. The molecule has 0 bridgehead atoms. The van der Waals surface area contributed by atoms with Gasteiger partial charge in [0.2, 0.25) is 0 Å². The summed E-state index contributed by atoms with van der Waals surface area (Å²) in [5.74, 6) is 5.21. The number of hydrogen-bond acceptors (Lipinski definition) is 5. The van der Waals surface area contributed by atoms with Gasteiger partial charge in [-0.3, -0.25) is 4.79 Å². The molecule has 3 N–H and O–H groups in total. The van der Waals surface area contributed by atoms with Crippen molar-refractivity contribution in [3.63, 3.8) is 0 Å². The molecule has 1 aromatic rings. The molecule has 1 heterocycles. The fourth-order valence-corrected chi connectivity index (χ4v) is 1.65. The van der Waals surface area contributed by atoms with E-state index < -0.39 is 6.10 Å². The average molecular weight is 277 g/mol. The number of carbonyl (C=O) groups is 1. The summed E-state index contributed by atoms with van der Waals surface area (Å²) in [6.45, 7) is 0.539. The quantitative estimate of drug-likeness (QED) is 0.706. The molecule has 1 aromatic heterocycles. The van der Waals surface area contributed by atoms with Gasteiger partial charge in [0.15, 0.2) is 0 Å². The Kier molecular flexibility index (Phi) is 6.67. The van der Waals surface area contributed by atoms with E-state index in [2.05, 4.69) is 16.8 Å². The third-order valence-electron chi connectivity index (χ3n) is 2.53. The Bertz CT molecular complexity index is 508. The second-order valence-electron chi connectivity index (χ2n) is 4.20. The van der Waals surface area contributed by atoms with Crippen LogP contribution in [0.25, 0.3) is 0 Å². The molecule has 6 nitrogen and oxygen atoms in total. The van der Waals surface area contributed by atoms with Gasteiger partial charge in [-0.1, -0.05) is 11.8 Å². The minimum atomic E-state index is -0.740. The van der Waals surface area contributed by atoms with E-state index in [1.165, 1.54) is 18.2 Å². The Morgan fingerprint density at radius 2 is 2.40 bits per heavy atom. The van der Waals surface area contributed by atoms with Gasteiger partial charge in [-0.05, 0) is 12.1 Å². The topological polar surface area (TPSA) is 88.7 Å². The van der Waals surface area contributed by atoms with Gasteiger partial charge in [-0.25, -0.2) is 4.98 Å². The number of aliphatic hydroxyl groups excluding tert-OH is 1. The molecule has 0 aliphatic carbocycles. The Labute approximate surface area is 118 Å². The van der Waals surface area contributed by atoms with Crippen LogP contribution in [-0.4, -0.2) is 60.9 Å². The first-order chi connectivity index (χ1) is 9.60. The first-order valence-electron chi connectivity index (χ1n) is 6.16. The third-order valence-corrected chi connectivity index (χ3v) is 2.53. The smallest absolute Gasteiger partial charge is 0.273 e. The second kappa shape index (κ2) is 8.27. The molecule has 6 heteroatoms. The summed E-state index contributed by atoms with van der Waals surface area (Å²) in [7, 11) is 3.08. The molecule has 108 valence electrons.